The SMILES string of the molecule is NCCC(=O)NCC1CCCCN1C(=O)CCCNC(=O)c1ccsc1. The Morgan fingerprint density at radius 2 is 2.08 bits per heavy atom. The number of thiophene rings is 1. The third-order valence-electron chi connectivity index (χ3n) is 4.49. The molecule has 1 aromatic heterocycles. The van der Waals surface area contributed by atoms with E-state index in [4.69, 9.17) is 5.73 Å². The van der Waals surface area contributed by atoms with E-state index >= 15 is 0 Å². The minimum absolute atomic E-state index is 0.0540. The number of likely N-dealkylation sites (tertiary alicyclic amines) is 1. The second kappa shape index (κ2) is 10.9. The fourth-order valence-electron chi connectivity index (χ4n) is 3.07. The molecule has 0 spiro atoms. The van der Waals surface area contributed by atoms with Crippen molar-refractivity contribution in [1.82, 2.24) is 15.5 Å². The highest BCUT2D eigenvalue weighted by Crippen LogP contribution is 2.18. The van der Waals surface area contributed by atoms with Crippen molar-refractivity contribution < 1.29 is 14.4 Å². The first-order valence-corrected chi connectivity index (χ1v) is 10.1. The minimum Gasteiger partial charge on any atom is -0.354 e. The van der Waals surface area contributed by atoms with Gasteiger partial charge in [-0.1, -0.05) is 0 Å². The van der Waals surface area contributed by atoms with Crippen LogP contribution in [0, 0.1) is 0 Å². The summed E-state index contributed by atoms with van der Waals surface area (Å²) in [4.78, 5) is 37.9. The number of nitrogens with one attached hydrogen (secondary N) is 2. The summed E-state index contributed by atoms with van der Waals surface area (Å²) in [6.45, 7) is 2.03. The van der Waals surface area contributed by atoms with Crippen LogP contribution in [-0.4, -0.2) is 54.8 Å². The van der Waals surface area contributed by atoms with E-state index in [1.54, 1.807) is 11.4 Å². The lowest BCUT2D eigenvalue weighted by atomic mass is 10.0. The number of amides is 3. The van der Waals surface area contributed by atoms with Crippen LogP contribution in [0.25, 0.3) is 0 Å². The highest BCUT2D eigenvalue weighted by Gasteiger charge is 2.26. The average molecular weight is 381 g/mol. The largest absolute Gasteiger partial charge is 0.354 e. The fraction of sp³-hybridized carbons (Fsp3) is 0.611. The maximum atomic E-state index is 12.5. The Labute approximate surface area is 158 Å². The van der Waals surface area contributed by atoms with Gasteiger partial charge in [-0.2, -0.15) is 11.3 Å². The van der Waals surface area contributed by atoms with Crippen molar-refractivity contribution in [3.63, 3.8) is 0 Å². The van der Waals surface area contributed by atoms with Gasteiger partial charge in [0, 0.05) is 56.0 Å². The number of hydrogen-bond donors (Lipinski definition) is 3. The summed E-state index contributed by atoms with van der Waals surface area (Å²) in [6, 6.07) is 1.83. The van der Waals surface area contributed by atoms with Crippen LogP contribution in [-0.2, 0) is 9.59 Å². The van der Waals surface area contributed by atoms with E-state index in [2.05, 4.69) is 10.6 Å². The molecule has 7 nitrogen and oxygen atoms in total. The number of hydrogen-bond acceptors (Lipinski definition) is 5. The number of carbonyl (C=O) groups is 3. The Morgan fingerprint density at radius 1 is 1.23 bits per heavy atom. The molecule has 3 amide bonds. The van der Waals surface area contributed by atoms with Gasteiger partial charge >= 0.3 is 0 Å². The maximum Gasteiger partial charge on any atom is 0.252 e. The van der Waals surface area contributed by atoms with Crippen molar-refractivity contribution in [3.05, 3.63) is 22.4 Å². The van der Waals surface area contributed by atoms with E-state index in [1.807, 2.05) is 10.3 Å². The Kier molecular flexibility index (Phi) is 8.57. The second-order valence-corrected chi connectivity index (χ2v) is 7.23. The summed E-state index contributed by atoms with van der Waals surface area (Å²) in [7, 11) is 0. The van der Waals surface area contributed by atoms with Crippen molar-refractivity contribution in [2.24, 2.45) is 5.73 Å². The first-order chi connectivity index (χ1) is 12.6. The maximum absolute atomic E-state index is 12.5. The quantitative estimate of drug-likeness (QED) is 0.558. The second-order valence-electron chi connectivity index (χ2n) is 6.45. The van der Waals surface area contributed by atoms with Crippen LogP contribution >= 0.6 is 11.3 Å². The molecule has 2 heterocycles. The third-order valence-corrected chi connectivity index (χ3v) is 5.17. The molecular formula is C18H28N4O3S. The molecule has 26 heavy (non-hydrogen) atoms. The molecule has 1 aliphatic rings. The normalized spacial score (nSPS) is 17.0. The van der Waals surface area contributed by atoms with Gasteiger partial charge in [-0.05, 0) is 37.1 Å². The van der Waals surface area contributed by atoms with Crippen molar-refractivity contribution >= 4 is 29.1 Å². The lowest BCUT2D eigenvalue weighted by Crippen LogP contribution is -2.49. The van der Waals surface area contributed by atoms with Gasteiger partial charge in [0.1, 0.15) is 0 Å². The van der Waals surface area contributed by atoms with E-state index < -0.39 is 0 Å². The molecule has 1 saturated heterocycles. The fourth-order valence-corrected chi connectivity index (χ4v) is 3.71. The third kappa shape index (κ3) is 6.42. The lowest BCUT2D eigenvalue weighted by molar-refractivity contribution is -0.135. The van der Waals surface area contributed by atoms with Crippen LogP contribution in [0.5, 0.6) is 0 Å². The van der Waals surface area contributed by atoms with Gasteiger partial charge in [0.05, 0.1) is 0 Å². The summed E-state index contributed by atoms with van der Waals surface area (Å²) >= 11 is 1.48. The molecule has 4 N–H and O–H groups in total. The molecule has 0 aliphatic carbocycles. The van der Waals surface area contributed by atoms with Crippen LogP contribution in [0.3, 0.4) is 0 Å². The molecule has 8 heteroatoms. The van der Waals surface area contributed by atoms with Crippen LogP contribution < -0.4 is 16.4 Å². The average Bonchev–Trinajstić information content (AvgIpc) is 3.18. The molecule has 1 fully saturated rings. The molecule has 0 bridgehead atoms. The molecule has 0 saturated carbocycles. The molecule has 1 atom stereocenters. The first-order valence-electron chi connectivity index (χ1n) is 9.18. The lowest BCUT2D eigenvalue weighted by Gasteiger charge is -2.36. The van der Waals surface area contributed by atoms with Crippen LogP contribution in [0.2, 0.25) is 0 Å². The number of nitrogens with two attached hydrogens (primary N) is 1. The van der Waals surface area contributed by atoms with Crippen LogP contribution in [0.4, 0.5) is 0 Å². The summed E-state index contributed by atoms with van der Waals surface area (Å²) in [6.07, 6.45) is 4.29. The highest BCUT2D eigenvalue weighted by molar-refractivity contribution is 7.08. The Bertz CT molecular complexity index is 591. The number of carbonyl (C=O) groups excluding carboxylic acids is 3. The van der Waals surface area contributed by atoms with E-state index in [0.29, 0.717) is 44.5 Å². The Hall–Kier alpha value is -1.93. The van der Waals surface area contributed by atoms with Crippen molar-refractivity contribution in [2.75, 3.05) is 26.2 Å². The zero-order valence-corrected chi connectivity index (χ0v) is 15.9. The number of rotatable bonds is 9. The monoisotopic (exact) mass is 380 g/mol. The Balaban J connectivity index is 1.71. The van der Waals surface area contributed by atoms with Crippen molar-refractivity contribution in [1.29, 1.82) is 0 Å². The van der Waals surface area contributed by atoms with Crippen molar-refractivity contribution in [2.45, 2.75) is 44.6 Å². The summed E-state index contributed by atoms with van der Waals surface area (Å²) in [5.74, 6) is -0.0775. The van der Waals surface area contributed by atoms with Gasteiger partial charge < -0.3 is 21.3 Å². The minimum atomic E-state index is -0.0998. The predicted molar refractivity (Wildman–Crippen MR) is 102 cm³/mol. The zero-order valence-electron chi connectivity index (χ0n) is 15.0. The summed E-state index contributed by atoms with van der Waals surface area (Å²) in [5, 5.41) is 9.37. The van der Waals surface area contributed by atoms with Gasteiger partial charge in [-0.3, -0.25) is 14.4 Å². The van der Waals surface area contributed by atoms with E-state index in [0.717, 1.165) is 25.8 Å². The predicted octanol–water partition coefficient (Wildman–Crippen LogP) is 1.10. The van der Waals surface area contributed by atoms with E-state index in [9.17, 15) is 14.4 Å². The summed E-state index contributed by atoms with van der Waals surface area (Å²) < 4.78 is 0. The van der Waals surface area contributed by atoms with Gasteiger partial charge in [-0.25, -0.2) is 0 Å². The standard InChI is InChI=1S/C18H28N4O3S/c19-8-6-16(23)21-12-15-4-1-2-10-22(15)17(24)5-3-9-20-18(25)14-7-11-26-13-14/h7,11,13,15H,1-6,8-10,12,19H2,(H,20,25)(H,21,23). The smallest absolute Gasteiger partial charge is 0.252 e. The molecule has 0 radical (unpaired) electrons. The molecule has 1 aromatic rings. The van der Waals surface area contributed by atoms with Gasteiger partial charge in [-0.15, -0.1) is 0 Å². The van der Waals surface area contributed by atoms with Gasteiger partial charge in [0.2, 0.25) is 11.8 Å². The molecule has 1 aliphatic heterocycles. The molecule has 144 valence electrons. The number of nitrogens with zero attached hydrogens (tertiary/aromatic N) is 1. The topological polar surface area (TPSA) is 105 Å². The van der Waals surface area contributed by atoms with Gasteiger partial charge in [0.15, 0.2) is 0 Å². The van der Waals surface area contributed by atoms with Gasteiger partial charge in [0.25, 0.3) is 5.91 Å². The molecule has 2 rings (SSSR count). The first kappa shape index (κ1) is 20.4. The van der Waals surface area contributed by atoms with Crippen LogP contribution in [0.1, 0.15) is 48.9 Å². The highest BCUT2D eigenvalue weighted by atomic mass is 32.1. The van der Waals surface area contributed by atoms with E-state index in [-0.39, 0.29) is 23.8 Å². The summed E-state index contributed by atoms with van der Waals surface area (Å²) in [5.41, 5.74) is 6.04. The number of piperidine rings is 1. The van der Waals surface area contributed by atoms with Crippen molar-refractivity contribution in [3.8, 4) is 0 Å². The zero-order chi connectivity index (χ0) is 18.8. The Morgan fingerprint density at radius 3 is 2.81 bits per heavy atom. The molecular weight excluding hydrogens is 352 g/mol. The van der Waals surface area contributed by atoms with E-state index in [1.165, 1.54) is 11.3 Å². The molecule has 0 aromatic carbocycles. The van der Waals surface area contributed by atoms with Crippen LogP contribution in [0.15, 0.2) is 16.8 Å². The molecule has 1 unspecified atom stereocenters.